The number of rotatable bonds is 5. The Morgan fingerprint density at radius 1 is 1.22 bits per heavy atom. The zero-order valence-corrected chi connectivity index (χ0v) is 15.5. The predicted molar refractivity (Wildman–Crippen MR) is 105 cm³/mol. The molecule has 1 amide bonds. The zero-order chi connectivity index (χ0) is 19.4. The number of hydrogen-bond acceptors (Lipinski definition) is 4. The van der Waals surface area contributed by atoms with E-state index in [-0.39, 0.29) is 6.10 Å². The van der Waals surface area contributed by atoms with Crippen molar-refractivity contribution in [2.24, 2.45) is 0 Å². The monoisotopic (exact) mass is 363 g/mol. The van der Waals surface area contributed by atoms with Gasteiger partial charge in [-0.05, 0) is 50.6 Å². The molecular weight excluding hydrogens is 342 g/mol. The number of H-pyrrole nitrogens is 1. The van der Waals surface area contributed by atoms with Crippen molar-refractivity contribution in [2.75, 3.05) is 11.9 Å². The Bertz CT molecular complexity index is 998. The van der Waals surface area contributed by atoms with E-state index in [9.17, 15) is 10.1 Å². The summed E-state index contributed by atoms with van der Waals surface area (Å²) in [5, 5.41) is 13.1. The molecule has 0 saturated heterocycles. The number of hydrogen-bond donors (Lipinski definition) is 2. The number of carbonyl (C=O) groups excluding carboxylic acids is 1. The number of ether oxygens (including phenoxy) is 2. The molecule has 0 spiro atoms. The van der Waals surface area contributed by atoms with Crippen LogP contribution in [0.1, 0.15) is 26.3 Å². The fourth-order valence-corrected chi connectivity index (χ4v) is 2.85. The molecule has 0 radical (unpaired) electrons. The van der Waals surface area contributed by atoms with Crippen molar-refractivity contribution in [3.05, 3.63) is 48.0 Å². The molecule has 0 aliphatic heterocycles. The van der Waals surface area contributed by atoms with E-state index in [1.54, 1.807) is 26.0 Å². The second-order valence-electron chi connectivity index (χ2n) is 6.28. The quantitative estimate of drug-likeness (QED) is 0.663. The number of aromatic nitrogens is 1. The summed E-state index contributed by atoms with van der Waals surface area (Å²) in [6.07, 6.45) is -0.681. The lowest BCUT2D eigenvalue weighted by Gasteiger charge is -2.09. The number of aromatic amines is 1. The van der Waals surface area contributed by atoms with E-state index in [0.717, 1.165) is 27.9 Å². The highest BCUT2D eigenvalue weighted by Crippen LogP contribution is 2.32. The van der Waals surface area contributed by atoms with Gasteiger partial charge < -0.3 is 14.5 Å². The summed E-state index contributed by atoms with van der Waals surface area (Å²) in [5.74, 6) is 0.755. The minimum Gasteiger partial charge on any atom is -0.494 e. The first-order valence-corrected chi connectivity index (χ1v) is 8.78. The van der Waals surface area contributed by atoms with Crippen LogP contribution in [0.4, 0.5) is 10.5 Å². The third-order valence-electron chi connectivity index (χ3n) is 3.96. The number of benzene rings is 2. The number of amides is 1. The lowest BCUT2D eigenvalue weighted by molar-refractivity contribution is 0.130. The SMILES string of the molecule is CCOc1ccc2c(C#N)c(-c3ccc(NC(=O)OC(C)C)cc3)[nH]c2c1. The van der Waals surface area contributed by atoms with Crippen LogP contribution >= 0.6 is 0 Å². The molecule has 138 valence electrons. The Morgan fingerprint density at radius 2 is 1.96 bits per heavy atom. The lowest BCUT2D eigenvalue weighted by atomic mass is 10.1. The Morgan fingerprint density at radius 3 is 2.59 bits per heavy atom. The summed E-state index contributed by atoms with van der Waals surface area (Å²) in [4.78, 5) is 15.0. The Kier molecular flexibility index (Phi) is 5.32. The van der Waals surface area contributed by atoms with Crippen LogP contribution in [-0.4, -0.2) is 23.8 Å². The molecule has 0 fully saturated rings. The molecule has 6 heteroatoms. The molecule has 1 heterocycles. The molecule has 0 aliphatic rings. The van der Waals surface area contributed by atoms with Gasteiger partial charge in [-0.3, -0.25) is 5.32 Å². The molecular formula is C21H21N3O3. The summed E-state index contributed by atoms with van der Waals surface area (Å²) >= 11 is 0. The fraction of sp³-hybridized carbons (Fsp3) is 0.238. The Labute approximate surface area is 157 Å². The molecule has 3 aromatic rings. The van der Waals surface area contributed by atoms with E-state index in [2.05, 4.69) is 16.4 Å². The maximum absolute atomic E-state index is 11.7. The normalized spacial score (nSPS) is 10.6. The maximum Gasteiger partial charge on any atom is 0.411 e. The van der Waals surface area contributed by atoms with Gasteiger partial charge in [-0.1, -0.05) is 12.1 Å². The van der Waals surface area contributed by atoms with E-state index < -0.39 is 6.09 Å². The standard InChI is InChI=1S/C21H21N3O3/c1-4-26-16-9-10-17-18(12-22)20(24-19(17)11-16)14-5-7-15(8-6-14)23-21(25)27-13(2)3/h5-11,13,24H,4H2,1-3H3,(H,23,25). The van der Waals surface area contributed by atoms with Crippen molar-refractivity contribution in [1.82, 2.24) is 4.98 Å². The van der Waals surface area contributed by atoms with Crippen LogP contribution in [0, 0.1) is 11.3 Å². The number of nitriles is 1. The van der Waals surface area contributed by atoms with Crippen LogP contribution < -0.4 is 10.1 Å². The second-order valence-corrected chi connectivity index (χ2v) is 6.28. The summed E-state index contributed by atoms with van der Waals surface area (Å²) in [5.41, 5.74) is 3.63. The van der Waals surface area contributed by atoms with Gasteiger partial charge in [0.05, 0.1) is 29.5 Å². The summed E-state index contributed by atoms with van der Waals surface area (Å²) in [6, 6.07) is 15.1. The van der Waals surface area contributed by atoms with Gasteiger partial charge in [0.15, 0.2) is 0 Å². The van der Waals surface area contributed by atoms with E-state index in [4.69, 9.17) is 9.47 Å². The van der Waals surface area contributed by atoms with Crippen LogP contribution in [0.2, 0.25) is 0 Å². The molecule has 0 unspecified atom stereocenters. The molecule has 3 rings (SSSR count). The van der Waals surface area contributed by atoms with Gasteiger partial charge in [0.2, 0.25) is 0 Å². The molecule has 6 nitrogen and oxygen atoms in total. The number of nitrogens with one attached hydrogen (secondary N) is 2. The van der Waals surface area contributed by atoms with E-state index >= 15 is 0 Å². The van der Waals surface area contributed by atoms with Crippen molar-refractivity contribution >= 4 is 22.7 Å². The molecule has 27 heavy (non-hydrogen) atoms. The van der Waals surface area contributed by atoms with Crippen LogP contribution in [0.5, 0.6) is 5.75 Å². The van der Waals surface area contributed by atoms with E-state index in [0.29, 0.717) is 17.9 Å². The number of nitrogens with zero attached hydrogens (tertiary/aromatic N) is 1. The number of fused-ring (bicyclic) bond motifs is 1. The lowest BCUT2D eigenvalue weighted by Crippen LogP contribution is -2.17. The minimum absolute atomic E-state index is 0.185. The maximum atomic E-state index is 11.7. The van der Waals surface area contributed by atoms with Gasteiger partial charge in [-0.25, -0.2) is 4.79 Å². The molecule has 0 bridgehead atoms. The predicted octanol–water partition coefficient (Wildman–Crippen LogP) is 5.06. The molecule has 2 aromatic carbocycles. The highest BCUT2D eigenvalue weighted by molar-refractivity contribution is 5.94. The third kappa shape index (κ3) is 4.04. The summed E-state index contributed by atoms with van der Waals surface area (Å²) < 4.78 is 10.6. The van der Waals surface area contributed by atoms with Gasteiger partial charge in [0.1, 0.15) is 11.8 Å². The summed E-state index contributed by atoms with van der Waals surface area (Å²) in [6.45, 7) is 6.09. The minimum atomic E-state index is -0.496. The highest BCUT2D eigenvalue weighted by Gasteiger charge is 2.14. The van der Waals surface area contributed by atoms with Crippen molar-refractivity contribution in [1.29, 1.82) is 5.26 Å². The van der Waals surface area contributed by atoms with Crippen LogP contribution in [0.3, 0.4) is 0 Å². The van der Waals surface area contributed by atoms with Gasteiger partial charge in [-0.15, -0.1) is 0 Å². The largest absolute Gasteiger partial charge is 0.494 e. The first-order valence-electron chi connectivity index (χ1n) is 8.78. The zero-order valence-electron chi connectivity index (χ0n) is 15.5. The van der Waals surface area contributed by atoms with Crippen LogP contribution in [0.25, 0.3) is 22.2 Å². The van der Waals surface area contributed by atoms with Crippen molar-refractivity contribution in [2.45, 2.75) is 26.9 Å². The van der Waals surface area contributed by atoms with Crippen molar-refractivity contribution in [3.63, 3.8) is 0 Å². The van der Waals surface area contributed by atoms with Gasteiger partial charge in [0.25, 0.3) is 0 Å². The smallest absolute Gasteiger partial charge is 0.411 e. The second kappa shape index (κ2) is 7.83. The Hall–Kier alpha value is -3.46. The van der Waals surface area contributed by atoms with Crippen LogP contribution in [0.15, 0.2) is 42.5 Å². The van der Waals surface area contributed by atoms with Crippen molar-refractivity contribution in [3.8, 4) is 23.1 Å². The van der Waals surface area contributed by atoms with E-state index in [1.165, 1.54) is 0 Å². The first-order chi connectivity index (χ1) is 13.0. The molecule has 1 aromatic heterocycles. The Balaban J connectivity index is 1.90. The van der Waals surface area contributed by atoms with Gasteiger partial charge in [0, 0.05) is 17.1 Å². The topological polar surface area (TPSA) is 87.1 Å². The van der Waals surface area contributed by atoms with Crippen LogP contribution in [-0.2, 0) is 4.74 Å². The van der Waals surface area contributed by atoms with Gasteiger partial charge >= 0.3 is 6.09 Å². The average Bonchev–Trinajstić information content (AvgIpc) is 2.99. The molecule has 0 atom stereocenters. The summed E-state index contributed by atoms with van der Waals surface area (Å²) in [7, 11) is 0. The van der Waals surface area contributed by atoms with Crippen molar-refractivity contribution < 1.29 is 14.3 Å². The van der Waals surface area contributed by atoms with Gasteiger partial charge in [-0.2, -0.15) is 5.26 Å². The molecule has 0 aliphatic carbocycles. The first kappa shape index (κ1) is 18.3. The third-order valence-corrected chi connectivity index (χ3v) is 3.96. The fourth-order valence-electron chi connectivity index (χ4n) is 2.85. The molecule has 0 saturated carbocycles. The average molecular weight is 363 g/mol. The number of carbonyl (C=O) groups is 1. The number of anilines is 1. The highest BCUT2D eigenvalue weighted by atomic mass is 16.6. The van der Waals surface area contributed by atoms with E-state index in [1.807, 2.05) is 37.3 Å². The molecule has 2 N–H and O–H groups in total.